The molecule has 1 unspecified atom stereocenters. The van der Waals surface area contributed by atoms with Gasteiger partial charge in [0, 0.05) is 12.8 Å². The van der Waals surface area contributed by atoms with Gasteiger partial charge in [-0.1, -0.05) is 278 Å². The largest absolute Gasteiger partial charge is 0.462 e. The number of hydrogen-bond acceptors (Lipinski definition) is 5. The SMILES string of the molecule is CC/C=C\C/C=C\C/C=C\C/C=C\C/C=C\C/C=C\C/C=C\C/C=C\C/C=C\C/C=C\C/C=C\CCCCCCCCCC(=O)OC(CO)COC(=O)CCCCCCCC/C=C\C/C=C\C/C=C\C/C=C\C/C=C\C/C=C\CC. The fourth-order valence-electron chi connectivity index (χ4n) is 7.92. The van der Waals surface area contributed by atoms with Crippen LogP contribution in [0.15, 0.2) is 207 Å². The van der Waals surface area contributed by atoms with Crippen LogP contribution in [-0.2, 0) is 19.1 Å². The monoisotopic (exact) mass is 1090 g/mol. The Balaban J connectivity index is 3.66. The molecule has 0 aromatic heterocycles. The summed E-state index contributed by atoms with van der Waals surface area (Å²) in [6.07, 6.45) is 109. The van der Waals surface area contributed by atoms with E-state index in [2.05, 4.69) is 220 Å². The molecule has 5 heteroatoms. The van der Waals surface area contributed by atoms with Crippen LogP contribution in [0, 0.1) is 0 Å². The van der Waals surface area contributed by atoms with Crippen LogP contribution in [0.5, 0.6) is 0 Å². The Kier molecular flexibility index (Phi) is 63.1. The lowest BCUT2D eigenvalue weighted by molar-refractivity contribution is -0.161. The highest BCUT2D eigenvalue weighted by atomic mass is 16.6. The van der Waals surface area contributed by atoms with Crippen LogP contribution in [-0.4, -0.2) is 36.4 Å². The van der Waals surface area contributed by atoms with Crippen molar-refractivity contribution < 1.29 is 24.2 Å². The molecular formula is C75H114O5. The lowest BCUT2D eigenvalue weighted by atomic mass is 10.1. The molecule has 0 saturated heterocycles. The Morgan fingerprint density at radius 2 is 0.500 bits per heavy atom. The second kappa shape index (κ2) is 67.8. The van der Waals surface area contributed by atoms with Crippen molar-refractivity contribution in [1.82, 2.24) is 0 Å². The summed E-state index contributed by atoms with van der Waals surface area (Å²) in [6, 6.07) is 0. The molecule has 0 aliphatic heterocycles. The molecule has 0 radical (unpaired) electrons. The molecular weight excluding hydrogens is 981 g/mol. The third-order valence-electron chi connectivity index (χ3n) is 12.6. The predicted octanol–water partition coefficient (Wildman–Crippen LogP) is 22.2. The molecule has 0 aromatic carbocycles. The maximum absolute atomic E-state index is 12.3. The lowest BCUT2D eigenvalue weighted by Crippen LogP contribution is -2.28. The summed E-state index contributed by atoms with van der Waals surface area (Å²) in [5.74, 6) is -0.636. The van der Waals surface area contributed by atoms with Crippen molar-refractivity contribution in [1.29, 1.82) is 0 Å². The van der Waals surface area contributed by atoms with Crippen LogP contribution in [0.25, 0.3) is 0 Å². The van der Waals surface area contributed by atoms with Crippen LogP contribution < -0.4 is 0 Å². The van der Waals surface area contributed by atoms with Gasteiger partial charge in [0.25, 0.3) is 0 Å². The van der Waals surface area contributed by atoms with Gasteiger partial charge in [0.05, 0.1) is 6.61 Å². The summed E-state index contributed by atoms with van der Waals surface area (Å²) < 4.78 is 10.7. The summed E-state index contributed by atoms with van der Waals surface area (Å²) in [7, 11) is 0. The van der Waals surface area contributed by atoms with Gasteiger partial charge in [-0.2, -0.15) is 0 Å². The van der Waals surface area contributed by atoms with Gasteiger partial charge in [0.15, 0.2) is 6.10 Å². The first-order valence-electron chi connectivity index (χ1n) is 31.6. The van der Waals surface area contributed by atoms with E-state index in [0.29, 0.717) is 12.8 Å². The number of allylic oxidation sites excluding steroid dienone is 34. The van der Waals surface area contributed by atoms with Crippen molar-refractivity contribution >= 4 is 11.9 Å². The minimum Gasteiger partial charge on any atom is -0.462 e. The van der Waals surface area contributed by atoms with Crippen molar-refractivity contribution in [3.05, 3.63) is 207 Å². The summed E-state index contributed by atoms with van der Waals surface area (Å²) in [5, 5.41) is 9.68. The highest BCUT2D eigenvalue weighted by Gasteiger charge is 2.16. The quantitative estimate of drug-likeness (QED) is 0.0373. The number of hydrogen-bond donors (Lipinski definition) is 1. The first-order chi connectivity index (χ1) is 39.6. The number of ether oxygens (including phenoxy) is 2. The van der Waals surface area contributed by atoms with Crippen LogP contribution in [0.2, 0.25) is 0 Å². The second-order valence-electron chi connectivity index (χ2n) is 20.0. The average Bonchev–Trinajstić information content (AvgIpc) is 3.46. The standard InChI is InChI=1S/C75H114O5/c1-3-5-7-9-11-13-15-17-19-21-23-25-27-29-30-31-32-33-34-35-36-37-38-39-40-41-42-43-44-46-48-50-52-54-56-58-60-62-64-66-68-70-75(78)80-73(71-76)72-79-74(77)69-67-65-63-61-59-57-55-53-51-49-47-45-28-26-24-22-20-18-16-14-12-10-8-6-4-2/h5-8,11-14,17-20,23-26,29-30,32-33,35-36,38-39,41-42,44-47,50-53,73,76H,3-4,9-10,15-16,21-22,27-28,31,34,37,40,43,48-49,54-72H2,1-2H3/b7-5-,8-6-,13-11-,14-12-,19-17-,20-18-,25-23-,26-24-,30-29-,33-32-,36-35-,39-38-,42-41-,46-44-,47-45-,52-50-,53-51-. The van der Waals surface area contributed by atoms with E-state index < -0.39 is 6.10 Å². The molecule has 0 bridgehead atoms. The molecule has 5 nitrogen and oxygen atoms in total. The summed E-state index contributed by atoms with van der Waals surface area (Å²) in [6.45, 7) is 3.88. The van der Waals surface area contributed by atoms with E-state index in [1.54, 1.807) is 0 Å². The number of rotatable bonds is 55. The zero-order chi connectivity index (χ0) is 57.6. The van der Waals surface area contributed by atoms with E-state index in [4.69, 9.17) is 9.47 Å². The van der Waals surface area contributed by atoms with Gasteiger partial charge < -0.3 is 14.6 Å². The zero-order valence-corrected chi connectivity index (χ0v) is 50.7. The van der Waals surface area contributed by atoms with E-state index in [-0.39, 0.29) is 25.2 Å². The van der Waals surface area contributed by atoms with Gasteiger partial charge in [-0.05, 0) is 148 Å². The molecule has 0 fully saturated rings. The lowest BCUT2D eigenvalue weighted by Gasteiger charge is -2.15. The maximum Gasteiger partial charge on any atom is 0.306 e. The number of aliphatic hydroxyl groups excluding tert-OH is 1. The number of carbonyl (C=O) groups is 2. The molecule has 0 saturated carbocycles. The number of unbranched alkanes of at least 4 members (excludes halogenated alkanes) is 13. The van der Waals surface area contributed by atoms with Crippen molar-refractivity contribution in [2.45, 2.75) is 238 Å². The van der Waals surface area contributed by atoms with E-state index in [9.17, 15) is 14.7 Å². The van der Waals surface area contributed by atoms with Crippen LogP contribution in [0.3, 0.4) is 0 Å². The molecule has 80 heavy (non-hydrogen) atoms. The Bertz CT molecular complexity index is 1910. The molecule has 1 atom stereocenters. The third kappa shape index (κ3) is 65.0. The van der Waals surface area contributed by atoms with E-state index in [1.807, 2.05) is 0 Å². The van der Waals surface area contributed by atoms with Gasteiger partial charge in [0.2, 0.25) is 0 Å². The average molecular weight is 1100 g/mol. The molecule has 0 spiro atoms. The van der Waals surface area contributed by atoms with Crippen molar-refractivity contribution in [3.63, 3.8) is 0 Å². The summed E-state index contributed by atoms with van der Waals surface area (Å²) >= 11 is 0. The number of aliphatic hydroxyl groups is 1. The highest BCUT2D eigenvalue weighted by Crippen LogP contribution is 2.13. The van der Waals surface area contributed by atoms with Crippen LogP contribution in [0.1, 0.15) is 232 Å². The van der Waals surface area contributed by atoms with Gasteiger partial charge in [-0.25, -0.2) is 0 Å². The van der Waals surface area contributed by atoms with Gasteiger partial charge in [-0.15, -0.1) is 0 Å². The number of esters is 2. The van der Waals surface area contributed by atoms with Gasteiger partial charge in [-0.3, -0.25) is 9.59 Å². The van der Waals surface area contributed by atoms with Crippen molar-refractivity contribution in [2.24, 2.45) is 0 Å². The minimum atomic E-state index is -0.803. The maximum atomic E-state index is 12.3. The van der Waals surface area contributed by atoms with E-state index >= 15 is 0 Å². The Morgan fingerprint density at radius 1 is 0.287 bits per heavy atom. The van der Waals surface area contributed by atoms with Crippen LogP contribution in [0.4, 0.5) is 0 Å². The summed E-state index contributed by atoms with van der Waals surface area (Å²) in [5.41, 5.74) is 0. The highest BCUT2D eigenvalue weighted by molar-refractivity contribution is 5.70. The minimum absolute atomic E-state index is 0.0923. The van der Waals surface area contributed by atoms with Gasteiger partial charge in [0.1, 0.15) is 6.61 Å². The first kappa shape index (κ1) is 74.5. The molecule has 0 aromatic rings. The second-order valence-corrected chi connectivity index (χ2v) is 20.0. The van der Waals surface area contributed by atoms with E-state index in [0.717, 1.165) is 161 Å². The molecule has 0 rings (SSSR count). The Labute approximate surface area is 491 Å². The first-order valence-corrected chi connectivity index (χ1v) is 31.6. The topological polar surface area (TPSA) is 72.8 Å². The molecule has 0 amide bonds. The fourth-order valence-corrected chi connectivity index (χ4v) is 7.92. The molecule has 444 valence electrons. The zero-order valence-electron chi connectivity index (χ0n) is 50.7. The number of carbonyl (C=O) groups excluding carboxylic acids is 2. The van der Waals surface area contributed by atoms with Crippen LogP contribution >= 0.6 is 0 Å². The fraction of sp³-hybridized carbons (Fsp3) is 0.520. The molecule has 1 N–H and O–H groups in total. The predicted molar refractivity (Wildman–Crippen MR) is 352 cm³/mol. The molecule has 0 aliphatic rings. The van der Waals surface area contributed by atoms with Gasteiger partial charge >= 0.3 is 11.9 Å². The summed E-state index contributed by atoms with van der Waals surface area (Å²) in [4.78, 5) is 24.6. The van der Waals surface area contributed by atoms with Crippen molar-refractivity contribution in [2.75, 3.05) is 13.2 Å². The Hall–Kier alpha value is -5.52. The Morgan fingerprint density at radius 3 is 0.750 bits per heavy atom. The van der Waals surface area contributed by atoms with E-state index in [1.165, 1.54) is 44.9 Å². The molecule has 0 heterocycles. The normalized spacial score (nSPS) is 13.7. The van der Waals surface area contributed by atoms with Crippen molar-refractivity contribution in [3.8, 4) is 0 Å². The molecule has 0 aliphatic carbocycles. The third-order valence-corrected chi connectivity index (χ3v) is 12.6. The smallest absolute Gasteiger partial charge is 0.306 e.